The SMILES string of the molecule is CC(C)C1OCC(S(=O)C(C)(C)C)CO1. The highest BCUT2D eigenvalue weighted by atomic mass is 32.2. The molecule has 1 saturated heterocycles. The number of hydrogen-bond donors (Lipinski definition) is 0. The predicted octanol–water partition coefficient (Wildman–Crippen LogP) is 1.93. The highest BCUT2D eigenvalue weighted by Gasteiger charge is 2.33. The molecule has 1 heterocycles. The van der Waals surface area contributed by atoms with Crippen LogP contribution in [0.25, 0.3) is 0 Å². The molecule has 0 amide bonds. The van der Waals surface area contributed by atoms with E-state index in [1.807, 2.05) is 20.8 Å². The van der Waals surface area contributed by atoms with E-state index in [9.17, 15) is 4.21 Å². The van der Waals surface area contributed by atoms with Gasteiger partial charge in [-0.3, -0.25) is 4.21 Å². The van der Waals surface area contributed by atoms with Gasteiger partial charge in [0.15, 0.2) is 6.29 Å². The zero-order valence-corrected chi connectivity index (χ0v) is 11.1. The molecule has 0 aromatic carbocycles. The summed E-state index contributed by atoms with van der Waals surface area (Å²) in [5.74, 6) is 0.356. The van der Waals surface area contributed by atoms with Crippen LogP contribution in [0.1, 0.15) is 34.6 Å². The first-order valence-corrected chi connectivity index (χ1v) is 6.67. The summed E-state index contributed by atoms with van der Waals surface area (Å²) in [6.07, 6.45) is -0.127. The van der Waals surface area contributed by atoms with E-state index in [1.54, 1.807) is 0 Å². The van der Waals surface area contributed by atoms with E-state index in [0.717, 1.165) is 0 Å². The van der Waals surface area contributed by atoms with Crippen molar-refractivity contribution >= 4 is 10.8 Å². The Kier molecular flexibility index (Phi) is 4.32. The summed E-state index contributed by atoms with van der Waals surface area (Å²) >= 11 is 0. The Bertz CT molecular complexity index is 224. The maximum absolute atomic E-state index is 12.0. The molecule has 3 nitrogen and oxygen atoms in total. The lowest BCUT2D eigenvalue weighted by Crippen LogP contribution is -2.44. The third-order valence-corrected chi connectivity index (χ3v) is 4.43. The lowest BCUT2D eigenvalue weighted by molar-refractivity contribution is -0.196. The van der Waals surface area contributed by atoms with Gasteiger partial charge in [0, 0.05) is 21.5 Å². The van der Waals surface area contributed by atoms with Gasteiger partial charge >= 0.3 is 0 Å². The zero-order chi connectivity index (χ0) is 11.6. The summed E-state index contributed by atoms with van der Waals surface area (Å²) < 4.78 is 23.0. The topological polar surface area (TPSA) is 35.5 Å². The third-order valence-electron chi connectivity index (χ3n) is 2.34. The smallest absolute Gasteiger partial charge is 0.159 e. The molecule has 0 bridgehead atoms. The number of ether oxygens (including phenoxy) is 2. The van der Waals surface area contributed by atoms with Crippen LogP contribution in [-0.2, 0) is 20.3 Å². The molecular formula is C11H22O3S. The molecule has 0 spiro atoms. The second-order valence-corrected chi connectivity index (χ2v) is 7.80. The van der Waals surface area contributed by atoms with E-state index >= 15 is 0 Å². The zero-order valence-electron chi connectivity index (χ0n) is 10.3. The van der Waals surface area contributed by atoms with Crippen LogP contribution in [0.15, 0.2) is 0 Å². The number of hydrogen-bond acceptors (Lipinski definition) is 3. The van der Waals surface area contributed by atoms with Crippen molar-refractivity contribution in [2.75, 3.05) is 13.2 Å². The van der Waals surface area contributed by atoms with Crippen molar-refractivity contribution in [2.45, 2.75) is 50.9 Å². The van der Waals surface area contributed by atoms with Gasteiger partial charge < -0.3 is 9.47 Å². The molecule has 1 unspecified atom stereocenters. The molecule has 1 aliphatic heterocycles. The first-order valence-electron chi connectivity index (χ1n) is 5.46. The molecule has 0 N–H and O–H groups in total. The van der Waals surface area contributed by atoms with Crippen LogP contribution in [0, 0.1) is 5.92 Å². The Balaban J connectivity index is 2.48. The molecule has 90 valence electrons. The van der Waals surface area contributed by atoms with Gasteiger partial charge in [-0.15, -0.1) is 0 Å². The maximum atomic E-state index is 12.0. The lowest BCUT2D eigenvalue weighted by Gasteiger charge is -2.33. The van der Waals surface area contributed by atoms with Gasteiger partial charge in [0.25, 0.3) is 0 Å². The molecule has 1 rings (SSSR count). The largest absolute Gasteiger partial charge is 0.351 e. The van der Waals surface area contributed by atoms with E-state index in [0.29, 0.717) is 19.1 Å². The molecule has 1 aliphatic rings. The molecule has 1 fully saturated rings. The molecule has 15 heavy (non-hydrogen) atoms. The van der Waals surface area contributed by atoms with Crippen molar-refractivity contribution in [1.29, 1.82) is 0 Å². The normalized spacial score (nSPS) is 30.5. The van der Waals surface area contributed by atoms with Crippen LogP contribution in [0.2, 0.25) is 0 Å². The number of rotatable bonds is 2. The highest BCUT2D eigenvalue weighted by molar-refractivity contribution is 7.87. The minimum Gasteiger partial charge on any atom is -0.351 e. The van der Waals surface area contributed by atoms with E-state index in [2.05, 4.69) is 13.8 Å². The molecule has 4 heteroatoms. The minimum atomic E-state index is -0.902. The maximum Gasteiger partial charge on any atom is 0.159 e. The Morgan fingerprint density at radius 1 is 1.20 bits per heavy atom. The summed E-state index contributed by atoms with van der Waals surface area (Å²) in [5, 5.41) is 0.0139. The lowest BCUT2D eigenvalue weighted by atomic mass is 10.2. The van der Waals surface area contributed by atoms with Crippen molar-refractivity contribution in [3.8, 4) is 0 Å². The third kappa shape index (κ3) is 3.54. The Morgan fingerprint density at radius 3 is 2.00 bits per heavy atom. The van der Waals surface area contributed by atoms with Crippen molar-refractivity contribution in [1.82, 2.24) is 0 Å². The van der Waals surface area contributed by atoms with Crippen LogP contribution in [-0.4, -0.2) is 33.7 Å². The molecule has 0 aromatic heterocycles. The summed E-state index contributed by atoms with van der Waals surface area (Å²) in [5.41, 5.74) is 0. The fraction of sp³-hybridized carbons (Fsp3) is 1.00. The van der Waals surface area contributed by atoms with Crippen LogP contribution in [0.4, 0.5) is 0 Å². The van der Waals surface area contributed by atoms with E-state index in [4.69, 9.17) is 9.47 Å². The van der Waals surface area contributed by atoms with Crippen LogP contribution >= 0.6 is 0 Å². The second kappa shape index (κ2) is 4.93. The summed E-state index contributed by atoms with van der Waals surface area (Å²) in [6, 6.07) is 0. The van der Waals surface area contributed by atoms with Crippen LogP contribution in [0.3, 0.4) is 0 Å². The van der Waals surface area contributed by atoms with E-state index in [1.165, 1.54) is 0 Å². The first-order chi connectivity index (χ1) is 6.82. The summed E-state index contributed by atoms with van der Waals surface area (Å²) in [4.78, 5) is 0. The molecular weight excluding hydrogens is 212 g/mol. The first kappa shape index (κ1) is 13.1. The fourth-order valence-corrected chi connectivity index (χ4v) is 2.91. The van der Waals surface area contributed by atoms with Gasteiger partial charge in [0.2, 0.25) is 0 Å². The van der Waals surface area contributed by atoms with Crippen molar-refractivity contribution in [3.05, 3.63) is 0 Å². The van der Waals surface area contributed by atoms with Crippen molar-refractivity contribution in [3.63, 3.8) is 0 Å². The standard InChI is InChI=1S/C11H22O3S/c1-8(2)10-13-6-9(7-14-10)15(12)11(3,4)5/h8-10H,6-7H2,1-5H3. The van der Waals surface area contributed by atoms with Gasteiger partial charge in [0.1, 0.15) is 0 Å². The molecule has 0 saturated carbocycles. The molecule has 1 atom stereocenters. The van der Waals surface area contributed by atoms with Gasteiger partial charge in [-0.05, 0) is 20.8 Å². The molecule has 0 aromatic rings. The molecule has 0 aliphatic carbocycles. The van der Waals surface area contributed by atoms with Crippen molar-refractivity contribution in [2.24, 2.45) is 5.92 Å². The van der Waals surface area contributed by atoms with Crippen LogP contribution < -0.4 is 0 Å². The van der Waals surface area contributed by atoms with E-state index < -0.39 is 10.8 Å². The van der Waals surface area contributed by atoms with Crippen LogP contribution in [0.5, 0.6) is 0 Å². The quantitative estimate of drug-likeness (QED) is 0.732. The van der Waals surface area contributed by atoms with E-state index in [-0.39, 0.29) is 16.3 Å². The van der Waals surface area contributed by atoms with Gasteiger partial charge in [-0.25, -0.2) is 0 Å². The van der Waals surface area contributed by atoms with Gasteiger partial charge in [-0.1, -0.05) is 13.8 Å². The summed E-state index contributed by atoms with van der Waals surface area (Å²) in [7, 11) is -0.902. The Morgan fingerprint density at radius 2 is 1.67 bits per heavy atom. The van der Waals surface area contributed by atoms with Crippen molar-refractivity contribution < 1.29 is 13.7 Å². The fourth-order valence-electron chi connectivity index (χ4n) is 1.51. The summed E-state index contributed by atoms with van der Waals surface area (Å²) in [6.45, 7) is 11.2. The Labute approximate surface area is 95.0 Å². The minimum absolute atomic E-state index is 0.0139. The van der Waals surface area contributed by atoms with Gasteiger partial charge in [0.05, 0.1) is 18.5 Å². The second-order valence-electron chi connectivity index (χ2n) is 5.31. The average molecular weight is 234 g/mol. The highest BCUT2D eigenvalue weighted by Crippen LogP contribution is 2.22. The van der Waals surface area contributed by atoms with Gasteiger partial charge in [-0.2, -0.15) is 0 Å². The average Bonchev–Trinajstić information content (AvgIpc) is 2.15. The Hall–Kier alpha value is 0.0700. The monoisotopic (exact) mass is 234 g/mol. The molecule has 0 radical (unpaired) electrons. The predicted molar refractivity (Wildman–Crippen MR) is 62.2 cm³/mol.